The number of nitrogens with zero attached hydrogens (tertiary/aromatic N) is 1. The van der Waals surface area contributed by atoms with Crippen LogP contribution in [0.1, 0.15) is 31.1 Å². The Morgan fingerprint density at radius 3 is 2.18 bits per heavy atom. The van der Waals surface area contributed by atoms with E-state index in [1.54, 1.807) is 6.92 Å². The van der Waals surface area contributed by atoms with Crippen molar-refractivity contribution in [1.82, 2.24) is 0 Å². The second kappa shape index (κ2) is 4.88. The fourth-order valence-corrected chi connectivity index (χ4v) is 2.30. The Labute approximate surface area is 102 Å². The van der Waals surface area contributed by atoms with Crippen molar-refractivity contribution in [2.45, 2.75) is 33.0 Å². The van der Waals surface area contributed by atoms with Crippen LogP contribution in [0.5, 0.6) is 0 Å². The quantitative estimate of drug-likeness (QED) is 0.735. The normalized spacial score (nSPS) is 24.8. The molecule has 0 bridgehead atoms. The number of hydrogen-bond donors (Lipinski definition) is 0. The predicted molar refractivity (Wildman–Crippen MR) is 68.7 cm³/mol. The summed E-state index contributed by atoms with van der Waals surface area (Å²) in [6.07, 6.45) is 0.512. The molecule has 0 radical (unpaired) electrons. The van der Waals surface area contributed by atoms with Gasteiger partial charge in [-0.15, -0.1) is 0 Å². The first kappa shape index (κ1) is 12.1. The molecule has 0 saturated carbocycles. The third kappa shape index (κ3) is 2.86. The maximum Gasteiger partial charge on any atom is 0.159 e. The summed E-state index contributed by atoms with van der Waals surface area (Å²) in [5.74, 6) is 0.111. The van der Waals surface area contributed by atoms with Crippen LogP contribution in [0.15, 0.2) is 24.3 Å². The number of benzene rings is 1. The summed E-state index contributed by atoms with van der Waals surface area (Å²) in [4.78, 5) is 13.5. The van der Waals surface area contributed by atoms with Gasteiger partial charge in [-0.25, -0.2) is 0 Å². The standard InChI is InChI=1S/C14H19NO2/c1-10-8-15(9-11(2)17-10)14-6-4-13(5-7-14)12(3)16/h4-7,10-11H,8-9H2,1-3H3/t10-,11-/m0/s1. The Hall–Kier alpha value is -1.35. The van der Waals surface area contributed by atoms with Gasteiger partial charge in [0.2, 0.25) is 0 Å². The summed E-state index contributed by atoms with van der Waals surface area (Å²) >= 11 is 0. The number of anilines is 1. The molecule has 1 aromatic rings. The third-order valence-corrected chi connectivity index (χ3v) is 3.06. The zero-order valence-electron chi connectivity index (χ0n) is 10.6. The molecule has 2 rings (SSSR count). The Balaban J connectivity index is 2.14. The molecular weight excluding hydrogens is 214 g/mol. The minimum absolute atomic E-state index is 0.111. The molecule has 2 atom stereocenters. The van der Waals surface area contributed by atoms with Crippen LogP contribution in [0.3, 0.4) is 0 Å². The van der Waals surface area contributed by atoms with Crippen LogP contribution in [-0.2, 0) is 4.74 Å². The van der Waals surface area contributed by atoms with Crippen LogP contribution in [0.4, 0.5) is 5.69 Å². The molecule has 1 saturated heterocycles. The summed E-state index contributed by atoms with van der Waals surface area (Å²) < 4.78 is 5.70. The Kier molecular flexibility index (Phi) is 3.48. The highest BCUT2D eigenvalue weighted by atomic mass is 16.5. The van der Waals surface area contributed by atoms with Gasteiger partial charge >= 0.3 is 0 Å². The topological polar surface area (TPSA) is 29.5 Å². The van der Waals surface area contributed by atoms with Crippen molar-refractivity contribution < 1.29 is 9.53 Å². The first-order chi connectivity index (χ1) is 8.06. The van der Waals surface area contributed by atoms with Crippen molar-refractivity contribution in [1.29, 1.82) is 0 Å². The lowest BCUT2D eigenvalue weighted by atomic mass is 10.1. The van der Waals surface area contributed by atoms with Crippen molar-refractivity contribution in [2.24, 2.45) is 0 Å². The van der Waals surface area contributed by atoms with Crippen molar-refractivity contribution in [3.63, 3.8) is 0 Å². The zero-order valence-corrected chi connectivity index (χ0v) is 10.6. The number of morpholine rings is 1. The van der Waals surface area contributed by atoms with Crippen LogP contribution in [0, 0.1) is 0 Å². The van der Waals surface area contributed by atoms with Gasteiger partial charge in [0.25, 0.3) is 0 Å². The molecule has 3 nitrogen and oxygen atoms in total. The van der Waals surface area contributed by atoms with Crippen molar-refractivity contribution in [3.8, 4) is 0 Å². The summed E-state index contributed by atoms with van der Waals surface area (Å²) in [6.45, 7) is 7.58. The SMILES string of the molecule is CC(=O)c1ccc(N2C[C@H](C)O[C@@H](C)C2)cc1. The summed E-state index contributed by atoms with van der Waals surface area (Å²) in [5, 5.41) is 0. The van der Waals surface area contributed by atoms with Crippen LogP contribution in [0.2, 0.25) is 0 Å². The van der Waals surface area contributed by atoms with Gasteiger partial charge in [0.15, 0.2) is 5.78 Å². The molecular formula is C14H19NO2. The molecule has 1 heterocycles. The molecule has 1 fully saturated rings. The zero-order chi connectivity index (χ0) is 12.4. The number of hydrogen-bond acceptors (Lipinski definition) is 3. The van der Waals surface area contributed by atoms with Crippen LogP contribution in [-0.4, -0.2) is 31.1 Å². The number of rotatable bonds is 2. The predicted octanol–water partition coefficient (Wildman–Crippen LogP) is 2.50. The maximum absolute atomic E-state index is 11.2. The molecule has 0 spiro atoms. The Morgan fingerprint density at radius 2 is 1.71 bits per heavy atom. The van der Waals surface area contributed by atoms with Crippen LogP contribution >= 0.6 is 0 Å². The lowest BCUT2D eigenvalue weighted by molar-refractivity contribution is -0.00522. The number of carbonyl (C=O) groups excluding carboxylic acids is 1. The third-order valence-electron chi connectivity index (χ3n) is 3.06. The second-order valence-electron chi connectivity index (χ2n) is 4.77. The highest BCUT2D eigenvalue weighted by Crippen LogP contribution is 2.20. The smallest absolute Gasteiger partial charge is 0.159 e. The van der Waals surface area contributed by atoms with E-state index in [-0.39, 0.29) is 18.0 Å². The number of ketones is 1. The highest BCUT2D eigenvalue weighted by molar-refractivity contribution is 5.94. The molecule has 1 aromatic carbocycles. The average Bonchev–Trinajstić information content (AvgIpc) is 2.28. The molecule has 1 aliphatic rings. The molecule has 0 unspecified atom stereocenters. The molecule has 0 aromatic heterocycles. The minimum Gasteiger partial charge on any atom is -0.372 e. The van der Waals surface area contributed by atoms with Gasteiger partial charge < -0.3 is 9.64 Å². The molecule has 1 aliphatic heterocycles. The van der Waals surface area contributed by atoms with Gasteiger partial charge in [-0.2, -0.15) is 0 Å². The van der Waals surface area contributed by atoms with Gasteiger partial charge in [-0.05, 0) is 45.0 Å². The van der Waals surface area contributed by atoms with Gasteiger partial charge in [-0.1, -0.05) is 0 Å². The number of Topliss-reactive ketones (excluding diaryl/α,β-unsaturated/α-hetero) is 1. The van der Waals surface area contributed by atoms with Gasteiger partial charge in [0.1, 0.15) is 0 Å². The molecule has 92 valence electrons. The van der Waals surface area contributed by atoms with Crippen molar-refractivity contribution >= 4 is 11.5 Å². The van der Waals surface area contributed by atoms with E-state index in [1.807, 2.05) is 24.3 Å². The number of ether oxygens (including phenoxy) is 1. The first-order valence-corrected chi connectivity index (χ1v) is 6.07. The molecule has 3 heteroatoms. The average molecular weight is 233 g/mol. The lowest BCUT2D eigenvalue weighted by Crippen LogP contribution is -2.45. The van der Waals surface area contributed by atoms with Crippen LogP contribution in [0.25, 0.3) is 0 Å². The van der Waals surface area contributed by atoms with E-state index < -0.39 is 0 Å². The summed E-state index contributed by atoms with van der Waals surface area (Å²) in [7, 11) is 0. The molecule has 0 N–H and O–H groups in total. The van der Waals surface area contributed by atoms with Crippen molar-refractivity contribution in [2.75, 3.05) is 18.0 Å². The largest absolute Gasteiger partial charge is 0.372 e. The summed E-state index contributed by atoms with van der Waals surface area (Å²) in [5.41, 5.74) is 1.93. The van der Waals surface area contributed by atoms with Gasteiger partial charge in [0.05, 0.1) is 12.2 Å². The minimum atomic E-state index is 0.111. The van der Waals surface area contributed by atoms with E-state index in [4.69, 9.17) is 4.74 Å². The Bertz CT molecular complexity index is 389. The van der Waals surface area contributed by atoms with E-state index in [0.29, 0.717) is 0 Å². The van der Waals surface area contributed by atoms with Gasteiger partial charge in [-0.3, -0.25) is 4.79 Å². The maximum atomic E-state index is 11.2. The number of carbonyl (C=O) groups is 1. The van der Waals surface area contributed by atoms with E-state index >= 15 is 0 Å². The fourth-order valence-electron chi connectivity index (χ4n) is 2.30. The molecule has 17 heavy (non-hydrogen) atoms. The molecule has 0 amide bonds. The van der Waals surface area contributed by atoms with Crippen LogP contribution < -0.4 is 4.90 Å². The van der Waals surface area contributed by atoms with Crippen molar-refractivity contribution in [3.05, 3.63) is 29.8 Å². The fraction of sp³-hybridized carbons (Fsp3) is 0.500. The van der Waals surface area contributed by atoms with E-state index in [2.05, 4.69) is 18.7 Å². The lowest BCUT2D eigenvalue weighted by Gasteiger charge is -2.36. The Morgan fingerprint density at radius 1 is 1.18 bits per heavy atom. The van der Waals surface area contributed by atoms with E-state index in [1.165, 1.54) is 0 Å². The second-order valence-corrected chi connectivity index (χ2v) is 4.77. The first-order valence-electron chi connectivity index (χ1n) is 6.07. The van der Waals surface area contributed by atoms with E-state index in [9.17, 15) is 4.79 Å². The highest BCUT2D eigenvalue weighted by Gasteiger charge is 2.22. The molecule has 0 aliphatic carbocycles. The monoisotopic (exact) mass is 233 g/mol. The van der Waals surface area contributed by atoms with E-state index in [0.717, 1.165) is 24.3 Å². The summed E-state index contributed by atoms with van der Waals surface area (Å²) in [6, 6.07) is 7.81. The van der Waals surface area contributed by atoms with Gasteiger partial charge in [0, 0.05) is 24.3 Å².